The molecular weight excluding hydrogens is 369 g/mol. The molecule has 0 spiro atoms. The van der Waals surface area contributed by atoms with Crippen molar-refractivity contribution in [2.45, 2.75) is 65.4 Å². The molecule has 1 N–H and O–H groups in total. The molecule has 0 amide bonds. The first-order valence-electron chi connectivity index (χ1n) is 9.73. The molecule has 0 aliphatic carbocycles. The lowest BCUT2D eigenvalue weighted by Gasteiger charge is -2.45. The van der Waals surface area contributed by atoms with Gasteiger partial charge in [0.15, 0.2) is 0 Å². The van der Waals surface area contributed by atoms with Crippen LogP contribution in [0.5, 0.6) is 0 Å². The van der Waals surface area contributed by atoms with Gasteiger partial charge in [0, 0.05) is 23.7 Å². The molecule has 0 fully saturated rings. The molecule has 1 atom stereocenters. The van der Waals surface area contributed by atoms with Crippen molar-refractivity contribution in [1.29, 1.82) is 0 Å². The number of pyridine rings is 1. The molecule has 0 radical (unpaired) electrons. The van der Waals surface area contributed by atoms with E-state index in [1.54, 1.807) is 23.6 Å². The summed E-state index contributed by atoms with van der Waals surface area (Å²) in [5.41, 5.74) is 0.363. The van der Waals surface area contributed by atoms with Crippen LogP contribution in [0.25, 0.3) is 10.1 Å². The molecular formula is C24H30FNOS. The third-order valence-corrected chi connectivity index (χ3v) is 6.99. The number of hydrogen-bond donors (Lipinski definition) is 1. The number of halogens is 1. The normalized spacial score (nSPS) is 15.0. The van der Waals surface area contributed by atoms with Crippen LogP contribution in [-0.4, -0.2) is 15.7 Å². The Morgan fingerprint density at radius 1 is 1.07 bits per heavy atom. The minimum absolute atomic E-state index is 0.232. The predicted octanol–water partition coefficient (Wildman–Crippen LogP) is 6.43. The van der Waals surface area contributed by atoms with Gasteiger partial charge >= 0.3 is 0 Å². The number of hydrogen-bond acceptors (Lipinski definition) is 3. The van der Waals surface area contributed by atoms with E-state index in [9.17, 15) is 9.50 Å². The first-order chi connectivity index (χ1) is 12.9. The summed E-state index contributed by atoms with van der Waals surface area (Å²) >= 11 is 1.69. The molecule has 0 aliphatic heterocycles. The summed E-state index contributed by atoms with van der Waals surface area (Å²) in [6, 6.07) is 9.09. The van der Waals surface area contributed by atoms with Crippen LogP contribution >= 0.6 is 11.3 Å². The number of aryl methyl sites for hydroxylation is 1. The first kappa shape index (κ1) is 20.9. The summed E-state index contributed by atoms with van der Waals surface area (Å²) in [5, 5.41) is 13.0. The minimum Gasteiger partial charge on any atom is -0.389 e. The largest absolute Gasteiger partial charge is 0.389 e. The Hall–Kier alpha value is -1.78. The van der Waals surface area contributed by atoms with Crippen molar-refractivity contribution in [3.8, 4) is 0 Å². The smallest absolute Gasteiger partial charge is 0.123 e. The molecule has 3 rings (SSSR count). The van der Waals surface area contributed by atoms with Crippen LogP contribution in [0.15, 0.2) is 42.7 Å². The van der Waals surface area contributed by atoms with Crippen molar-refractivity contribution in [2.24, 2.45) is 5.41 Å². The second kappa shape index (κ2) is 7.23. The standard InChI is InChI=1S/C24H30FNOS/c1-16-7-8-18(25)12-20(16)23(5,6)15-24(27,22(2,3)4)13-19-11-17-9-10-26-14-21(17)28-19/h7-12,14,27H,13,15H2,1-6H3. The number of thiophene rings is 1. The number of nitrogens with zero attached hydrogens (tertiary/aromatic N) is 1. The SMILES string of the molecule is Cc1ccc(F)cc1C(C)(C)CC(O)(Cc1cc2ccncc2s1)C(C)(C)C. The monoisotopic (exact) mass is 399 g/mol. The number of aliphatic hydroxyl groups is 1. The topological polar surface area (TPSA) is 33.1 Å². The van der Waals surface area contributed by atoms with Gasteiger partial charge in [-0.25, -0.2) is 4.39 Å². The molecule has 1 aromatic carbocycles. The zero-order valence-electron chi connectivity index (χ0n) is 17.6. The Bertz CT molecular complexity index is 953. The Kier molecular flexibility index (Phi) is 5.41. The number of aromatic nitrogens is 1. The van der Waals surface area contributed by atoms with Gasteiger partial charge in [-0.1, -0.05) is 40.7 Å². The number of benzene rings is 1. The van der Waals surface area contributed by atoms with E-state index in [-0.39, 0.29) is 16.6 Å². The Labute approximate surface area is 171 Å². The van der Waals surface area contributed by atoms with E-state index in [0.717, 1.165) is 26.1 Å². The Morgan fingerprint density at radius 3 is 2.43 bits per heavy atom. The fourth-order valence-electron chi connectivity index (χ4n) is 4.06. The third kappa shape index (κ3) is 4.13. The molecule has 28 heavy (non-hydrogen) atoms. The lowest BCUT2D eigenvalue weighted by molar-refractivity contribution is -0.0764. The summed E-state index contributed by atoms with van der Waals surface area (Å²) in [4.78, 5) is 5.35. The summed E-state index contributed by atoms with van der Waals surface area (Å²) in [7, 11) is 0. The van der Waals surface area contributed by atoms with Gasteiger partial charge in [0.1, 0.15) is 5.82 Å². The van der Waals surface area contributed by atoms with Gasteiger partial charge in [-0.05, 0) is 65.0 Å². The van der Waals surface area contributed by atoms with Gasteiger partial charge in [-0.3, -0.25) is 4.98 Å². The van der Waals surface area contributed by atoms with E-state index >= 15 is 0 Å². The average Bonchev–Trinajstić information content (AvgIpc) is 2.97. The Morgan fingerprint density at radius 2 is 1.79 bits per heavy atom. The third-order valence-electron chi connectivity index (χ3n) is 5.90. The van der Waals surface area contributed by atoms with Gasteiger partial charge in [0.05, 0.1) is 10.3 Å². The van der Waals surface area contributed by atoms with E-state index < -0.39 is 5.60 Å². The van der Waals surface area contributed by atoms with Crippen LogP contribution in [0.3, 0.4) is 0 Å². The molecule has 0 bridgehead atoms. The maximum Gasteiger partial charge on any atom is 0.123 e. The van der Waals surface area contributed by atoms with E-state index in [2.05, 4.69) is 45.7 Å². The molecule has 150 valence electrons. The van der Waals surface area contributed by atoms with E-state index in [1.165, 1.54) is 6.07 Å². The molecule has 0 saturated carbocycles. The van der Waals surface area contributed by atoms with Gasteiger partial charge in [0.25, 0.3) is 0 Å². The van der Waals surface area contributed by atoms with Crippen LogP contribution in [0, 0.1) is 18.2 Å². The van der Waals surface area contributed by atoms with Crippen LogP contribution < -0.4 is 0 Å². The lowest BCUT2D eigenvalue weighted by Crippen LogP contribution is -2.49. The summed E-state index contributed by atoms with van der Waals surface area (Å²) in [6.07, 6.45) is 4.78. The summed E-state index contributed by atoms with van der Waals surface area (Å²) in [6.45, 7) is 12.4. The highest BCUT2D eigenvalue weighted by Crippen LogP contribution is 2.45. The highest BCUT2D eigenvalue weighted by molar-refractivity contribution is 7.19. The molecule has 0 saturated heterocycles. The quantitative estimate of drug-likeness (QED) is 0.536. The maximum absolute atomic E-state index is 13.9. The van der Waals surface area contributed by atoms with E-state index in [0.29, 0.717) is 12.8 Å². The highest BCUT2D eigenvalue weighted by atomic mass is 32.1. The van der Waals surface area contributed by atoms with Gasteiger partial charge in [0.2, 0.25) is 0 Å². The van der Waals surface area contributed by atoms with Crippen LogP contribution in [0.4, 0.5) is 4.39 Å². The highest BCUT2D eigenvalue weighted by Gasteiger charge is 2.45. The zero-order valence-corrected chi connectivity index (χ0v) is 18.5. The fourth-order valence-corrected chi connectivity index (χ4v) is 5.19. The van der Waals surface area contributed by atoms with Crippen LogP contribution in [0.2, 0.25) is 0 Å². The molecule has 2 heterocycles. The molecule has 4 heteroatoms. The van der Waals surface area contributed by atoms with Gasteiger partial charge < -0.3 is 5.11 Å². The second-order valence-corrected chi connectivity index (χ2v) is 10.8. The molecule has 0 aliphatic rings. The van der Waals surface area contributed by atoms with Crippen molar-refractivity contribution < 1.29 is 9.50 Å². The van der Waals surface area contributed by atoms with Crippen molar-refractivity contribution >= 4 is 21.4 Å². The number of fused-ring (bicyclic) bond motifs is 1. The van der Waals surface area contributed by atoms with Crippen molar-refractivity contribution in [3.63, 3.8) is 0 Å². The van der Waals surface area contributed by atoms with Crippen molar-refractivity contribution in [2.75, 3.05) is 0 Å². The van der Waals surface area contributed by atoms with Gasteiger partial charge in [-0.15, -0.1) is 11.3 Å². The van der Waals surface area contributed by atoms with Crippen LogP contribution in [-0.2, 0) is 11.8 Å². The number of rotatable bonds is 5. The summed E-state index contributed by atoms with van der Waals surface area (Å²) in [5.74, 6) is -0.232. The maximum atomic E-state index is 13.9. The molecule has 2 nitrogen and oxygen atoms in total. The fraction of sp³-hybridized carbons (Fsp3) is 0.458. The Balaban J connectivity index is 1.98. The average molecular weight is 400 g/mol. The van der Waals surface area contributed by atoms with Crippen molar-refractivity contribution in [3.05, 3.63) is 64.5 Å². The molecule has 2 aromatic heterocycles. The van der Waals surface area contributed by atoms with Crippen LogP contribution in [0.1, 0.15) is 57.0 Å². The van der Waals surface area contributed by atoms with E-state index in [1.807, 2.05) is 25.3 Å². The predicted molar refractivity (Wildman–Crippen MR) is 117 cm³/mol. The zero-order chi connectivity index (χ0) is 20.7. The lowest BCUT2D eigenvalue weighted by atomic mass is 9.64. The van der Waals surface area contributed by atoms with Gasteiger partial charge in [-0.2, -0.15) is 0 Å². The van der Waals surface area contributed by atoms with Crippen molar-refractivity contribution in [1.82, 2.24) is 4.98 Å². The molecule has 3 aromatic rings. The summed E-state index contributed by atoms with van der Waals surface area (Å²) < 4.78 is 15.1. The minimum atomic E-state index is -0.941. The molecule has 1 unspecified atom stereocenters. The van der Waals surface area contributed by atoms with E-state index in [4.69, 9.17) is 0 Å². The first-order valence-corrected chi connectivity index (χ1v) is 10.5. The second-order valence-electron chi connectivity index (χ2n) is 9.60.